The molecule has 1 unspecified atom stereocenters. The van der Waals surface area contributed by atoms with Crippen molar-refractivity contribution in [1.82, 2.24) is 19.7 Å². The van der Waals surface area contributed by atoms with Crippen molar-refractivity contribution in [2.24, 2.45) is 11.8 Å². The van der Waals surface area contributed by atoms with Gasteiger partial charge in [0.1, 0.15) is 30.2 Å². The van der Waals surface area contributed by atoms with Crippen LogP contribution in [0.1, 0.15) is 86.1 Å². The molecule has 284 valence electrons. The molecule has 0 saturated carbocycles. The molecule has 0 aliphatic heterocycles. The number of hydrogen-bond acceptors (Lipinski definition) is 14. The Morgan fingerprint density at radius 2 is 1.62 bits per heavy atom. The van der Waals surface area contributed by atoms with Gasteiger partial charge in [-0.05, 0) is 48.6 Å². The van der Waals surface area contributed by atoms with E-state index in [1.807, 2.05) is 27.7 Å². The number of ether oxygens (including phenoxy) is 4. The molecule has 5 atom stereocenters. The van der Waals surface area contributed by atoms with Crippen LogP contribution in [0.25, 0.3) is 5.52 Å². The number of hydrogen-bond donors (Lipinski definition) is 2. The van der Waals surface area contributed by atoms with Crippen LogP contribution in [0.3, 0.4) is 0 Å². The van der Waals surface area contributed by atoms with Gasteiger partial charge < -0.3 is 29.2 Å². The maximum atomic E-state index is 14.5. The molecule has 0 saturated heterocycles. The predicted molar refractivity (Wildman–Crippen MR) is 189 cm³/mol. The van der Waals surface area contributed by atoms with Crippen molar-refractivity contribution < 1.29 is 46.9 Å². The summed E-state index contributed by atoms with van der Waals surface area (Å²) in [4.78, 5) is 43.0. The average Bonchev–Trinajstić information content (AvgIpc) is 3.51. The van der Waals surface area contributed by atoms with Crippen LogP contribution in [-0.4, -0.2) is 64.0 Å². The second-order valence-corrected chi connectivity index (χ2v) is 15.4. The number of nitrogens with one attached hydrogen (secondary N) is 1. The molecule has 0 aliphatic rings. The molecular weight excluding hydrogens is 695 g/mol. The van der Waals surface area contributed by atoms with Gasteiger partial charge in [0, 0.05) is 0 Å². The van der Waals surface area contributed by atoms with Crippen LogP contribution in [0.2, 0.25) is 0 Å². The first-order valence-electron chi connectivity index (χ1n) is 16.9. The van der Waals surface area contributed by atoms with E-state index < -0.39 is 68.5 Å². The summed E-state index contributed by atoms with van der Waals surface area (Å²) >= 11 is 0. The average molecular weight is 745 g/mol. The molecule has 16 nitrogen and oxygen atoms in total. The quantitative estimate of drug-likeness (QED) is 0.0720. The van der Waals surface area contributed by atoms with Gasteiger partial charge in [0.25, 0.3) is 6.26 Å². The Hall–Kier alpha value is -4.71. The molecule has 0 bridgehead atoms. The lowest BCUT2D eigenvalue weighted by Crippen LogP contribution is -2.44. The van der Waals surface area contributed by atoms with Crippen LogP contribution >= 0.6 is 7.75 Å². The first-order valence-corrected chi connectivity index (χ1v) is 18.5. The van der Waals surface area contributed by atoms with Gasteiger partial charge in [0.05, 0.1) is 24.1 Å². The lowest BCUT2D eigenvalue weighted by atomic mass is 9.87. The van der Waals surface area contributed by atoms with E-state index in [0.717, 1.165) is 5.56 Å². The van der Waals surface area contributed by atoms with Gasteiger partial charge in [0.15, 0.2) is 24.1 Å². The first-order chi connectivity index (χ1) is 24.4. The van der Waals surface area contributed by atoms with Crippen molar-refractivity contribution in [1.29, 1.82) is 5.26 Å². The zero-order valence-electron chi connectivity index (χ0n) is 31.0. The number of esters is 3. The predicted octanol–water partition coefficient (Wildman–Crippen LogP) is 5.42. The molecule has 3 N–H and O–H groups in total. The summed E-state index contributed by atoms with van der Waals surface area (Å²) in [5.74, 6) is -3.17. The summed E-state index contributed by atoms with van der Waals surface area (Å²) in [6.07, 6.45) is -1.29. The highest BCUT2D eigenvalue weighted by atomic mass is 31.2. The number of anilines is 1. The summed E-state index contributed by atoms with van der Waals surface area (Å²) in [7, 11) is -4.52. The fraction of sp³-hybridized carbons (Fsp3) is 0.543. The number of fused-ring (bicyclic) bond motifs is 1. The Balaban J connectivity index is 2.10. The van der Waals surface area contributed by atoms with Gasteiger partial charge in [0.2, 0.25) is 0 Å². The van der Waals surface area contributed by atoms with Crippen LogP contribution in [-0.2, 0) is 47.8 Å². The molecule has 52 heavy (non-hydrogen) atoms. The molecule has 0 amide bonds. The van der Waals surface area contributed by atoms with Crippen molar-refractivity contribution in [3.63, 3.8) is 0 Å². The fourth-order valence-electron chi connectivity index (χ4n) is 4.65. The standard InChI is InChI=1S/C35H49N6O10P/c1-10-17-46-34(44)23(6)40-52(45,51-25-13-11-24(12-14-25)35(7,8)9)48-18-28(47-19-36)30(50-33(43)22(4)5)29(49-32(42)21(2)3)26-15-16-27-31(37)38-20-39-41(26)27/h11-16,20-23,28-30H,10,17-18H2,1-9H3,(H,40,45)(H2,37,38,39)/t23-,28+,29-,30+,52?/m0/s1. The molecule has 0 aliphatic carbocycles. The van der Waals surface area contributed by atoms with Gasteiger partial charge in [-0.3, -0.25) is 18.9 Å². The Labute approximate surface area is 303 Å². The molecule has 2 aromatic heterocycles. The summed E-state index contributed by atoms with van der Waals surface area (Å²) in [5.41, 5.74) is 7.40. The van der Waals surface area contributed by atoms with E-state index in [-0.39, 0.29) is 29.3 Å². The Morgan fingerprint density at radius 1 is 0.981 bits per heavy atom. The van der Waals surface area contributed by atoms with Gasteiger partial charge >= 0.3 is 25.7 Å². The van der Waals surface area contributed by atoms with Crippen molar-refractivity contribution in [2.75, 3.05) is 18.9 Å². The van der Waals surface area contributed by atoms with Crippen molar-refractivity contribution in [3.05, 3.63) is 54.0 Å². The molecule has 2 heterocycles. The highest BCUT2D eigenvalue weighted by Crippen LogP contribution is 2.46. The zero-order chi connectivity index (χ0) is 38.8. The highest BCUT2D eigenvalue weighted by molar-refractivity contribution is 7.52. The Bertz CT molecular complexity index is 1770. The van der Waals surface area contributed by atoms with E-state index in [4.69, 9.17) is 33.7 Å². The SMILES string of the molecule is CCCOC(=O)[C@H](C)NP(=O)(OC[C@@H](OC#N)[C@@H](OC(=O)C(C)C)[C@@H](OC(=O)C(C)C)c1ccc2c(N)ncnn12)Oc1ccc(C(C)(C)C)cc1. The number of nitrogen functional groups attached to an aromatic ring is 1. The van der Waals surface area contributed by atoms with Crippen molar-refractivity contribution >= 4 is 37.0 Å². The Kier molecular flexibility index (Phi) is 14.6. The largest absolute Gasteiger partial charge is 0.465 e. The number of carbonyl (C=O) groups excluding carboxylic acids is 3. The highest BCUT2D eigenvalue weighted by Gasteiger charge is 2.43. The minimum absolute atomic E-state index is 0.116. The molecule has 0 radical (unpaired) electrons. The summed E-state index contributed by atoms with van der Waals surface area (Å²) < 4.78 is 50.0. The van der Waals surface area contributed by atoms with Crippen LogP contribution in [0.15, 0.2) is 42.7 Å². The molecule has 17 heteroatoms. The van der Waals surface area contributed by atoms with E-state index in [1.54, 1.807) is 70.3 Å². The maximum Gasteiger partial charge on any atom is 0.459 e. The minimum atomic E-state index is -4.52. The third-order valence-corrected chi connectivity index (χ3v) is 9.26. The third kappa shape index (κ3) is 11.1. The number of nitrogens with zero attached hydrogens (tertiary/aromatic N) is 4. The van der Waals surface area contributed by atoms with Gasteiger partial charge in [-0.1, -0.05) is 67.5 Å². The van der Waals surface area contributed by atoms with E-state index >= 15 is 0 Å². The van der Waals surface area contributed by atoms with E-state index in [0.29, 0.717) is 11.9 Å². The number of carbonyl (C=O) groups is 3. The first kappa shape index (κ1) is 41.7. The number of aromatic nitrogens is 3. The van der Waals surface area contributed by atoms with Crippen LogP contribution in [0.5, 0.6) is 5.75 Å². The zero-order valence-corrected chi connectivity index (χ0v) is 31.9. The summed E-state index contributed by atoms with van der Waals surface area (Å²) in [6, 6.07) is 8.74. The second kappa shape index (κ2) is 18.2. The second-order valence-electron chi connectivity index (χ2n) is 13.7. The van der Waals surface area contributed by atoms with Gasteiger partial charge in [-0.25, -0.2) is 14.1 Å². The van der Waals surface area contributed by atoms with E-state index in [1.165, 1.54) is 17.8 Å². The van der Waals surface area contributed by atoms with Crippen LogP contribution in [0.4, 0.5) is 5.82 Å². The number of benzene rings is 1. The van der Waals surface area contributed by atoms with Gasteiger partial charge in [-0.2, -0.15) is 15.4 Å². The molecule has 1 aromatic carbocycles. The number of nitriles is 1. The molecule has 3 rings (SSSR count). The van der Waals surface area contributed by atoms with Crippen molar-refractivity contribution in [2.45, 2.75) is 98.5 Å². The number of rotatable bonds is 18. The van der Waals surface area contributed by atoms with Gasteiger partial charge in [-0.15, -0.1) is 0 Å². The lowest BCUT2D eigenvalue weighted by molar-refractivity contribution is -0.184. The minimum Gasteiger partial charge on any atom is -0.465 e. The Morgan fingerprint density at radius 3 is 2.19 bits per heavy atom. The van der Waals surface area contributed by atoms with Crippen LogP contribution in [0, 0.1) is 23.4 Å². The van der Waals surface area contributed by atoms with Crippen molar-refractivity contribution in [3.8, 4) is 12.0 Å². The lowest BCUT2D eigenvalue weighted by Gasteiger charge is -2.32. The molecule has 3 aromatic rings. The number of nitrogens with two attached hydrogens (primary N) is 1. The fourth-order valence-corrected chi connectivity index (χ4v) is 6.15. The topological polar surface area (TPSA) is 216 Å². The third-order valence-electron chi connectivity index (χ3n) is 7.62. The summed E-state index contributed by atoms with van der Waals surface area (Å²) in [5, 5.41) is 16.6. The van der Waals surface area contributed by atoms with E-state index in [9.17, 15) is 24.2 Å². The molecule has 0 fully saturated rings. The smallest absolute Gasteiger partial charge is 0.459 e. The van der Waals surface area contributed by atoms with E-state index in [2.05, 4.69) is 15.2 Å². The summed E-state index contributed by atoms with van der Waals surface area (Å²) in [6.45, 7) is 15.1. The monoisotopic (exact) mass is 744 g/mol. The molecule has 0 spiro atoms. The molecular formula is C35H49N6O10P. The maximum absolute atomic E-state index is 14.5. The van der Waals surface area contributed by atoms with Crippen LogP contribution < -0.4 is 15.3 Å². The normalized spacial score (nSPS) is 15.2.